The number of nitrogens with zero attached hydrogens (tertiary/aromatic N) is 1. The van der Waals surface area contributed by atoms with Crippen molar-refractivity contribution in [3.8, 4) is 0 Å². The van der Waals surface area contributed by atoms with Gasteiger partial charge in [-0.3, -0.25) is 0 Å². The van der Waals surface area contributed by atoms with E-state index in [-0.39, 0.29) is 6.09 Å². The molecule has 2 aromatic carbocycles. The van der Waals surface area contributed by atoms with Crippen LogP contribution in [-0.2, 0) is 32.2 Å². The number of halogens is 3. The van der Waals surface area contributed by atoms with Gasteiger partial charge in [-0.1, -0.05) is 60.7 Å². The average molecular weight is 653 g/mol. The summed E-state index contributed by atoms with van der Waals surface area (Å²) >= 11 is 0. The van der Waals surface area contributed by atoms with Gasteiger partial charge < -0.3 is 29.5 Å². The third-order valence-corrected chi connectivity index (χ3v) is 7.37. The molecule has 2 fully saturated rings. The van der Waals surface area contributed by atoms with Gasteiger partial charge in [-0.25, -0.2) is 9.59 Å². The molecule has 0 spiro atoms. The lowest BCUT2D eigenvalue weighted by Gasteiger charge is -2.24. The summed E-state index contributed by atoms with van der Waals surface area (Å²) in [4.78, 5) is 22.7. The van der Waals surface area contributed by atoms with E-state index in [1.165, 1.54) is 43.5 Å². The van der Waals surface area contributed by atoms with E-state index in [0.29, 0.717) is 12.5 Å². The number of ether oxygens (including phenoxy) is 3. The van der Waals surface area contributed by atoms with Crippen molar-refractivity contribution in [1.29, 1.82) is 0 Å². The summed E-state index contributed by atoms with van der Waals surface area (Å²) in [6.07, 6.45) is 1.80. The van der Waals surface area contributed by atoms with Gasteiger partial charge in [0.15, 0.2) is 0 Å². The van der Waals surface area contributed by atoms with Crippen molar-refractivity contribution in [2.45, 2.75) is 84.3 Å². The predicted molar refractivity (Wildman–Crippen MR) is 171 cm³/mol. The number of aliphatic carboxylic acids is 1. The lowest BCUT2D eigenvalue weighted by molar-refractivity contribution is -0.192. The van der Waals surface area contributed by atoms with Gasteiger partial charge in [-0.2, -0.15) is 13.2 Å². The van der Waals surface area contributed by atoms with Crippen LogP contribution in [-0.4, -0.2) is 73.2 Å². The Kier molecular flexibility index (Phi) is 17.7. The normalized spacial score (nSPS) is 17.8. The van der Waals surface area contributed by atoms with E-state index in [2.05, 4.69) is 41.7 Å². The quantitative estimate of drug-likeness (QED) is 0.230. The molecule has 0 aliphatic carbocycles. The van der Waals surface area contributed by atoms with Crippen LogP contribution in [0.1, 0.15) is 70.4 Å². The van der Waals surface area contributed by atoms with Gasteiger partial charge in [-0.05, 0) is 95.3 Å². The Balaban J connectivity index is 0.000000276. The summed E-state index contributed by atoms with van der Waals surface area (Å²) in [6.45, 7) is 12.8. The topological polar surface area (TPSA) is 97.3 Å². The number of carboxylic acid groups (broad SMARTS) is 1. The van der Waals surface area contributed by atoms with Crippen LogP contribution in [0.3, 0.4) is 0 Å². The molecule has 2 aromatic rings. The van der Waals surface area contributed by atoms with Gasteiger partial charge in [0.1, 0.15) is 5.60 Å². The average Bonchev–Trinajstić information content (AvgIpc) is 3.70. The highest BCUT2D eigenvalue weighted by atomic mass is 19.4. The maximum absolute atomic E-state index is 12.0. The molecule has 258 valence electrons. The molecule has 2 saturated heterocycles. The van der Waals surface area contributed by atoms with Gasteiger partial charge in [0.2, 0.25) is 0 Å². The zero-order valence-corrected chi connectivity index (χ0v) is 27.4. The summed E-state index contributed by atoms with van der Waals surface area (Å²) in [5, 5.41) is 10.5. The number of hydrogen-bond acceptors (Lipinski definition) is 6. The summed E-state index contributed by atoms with van der Waals surface area (Å²) in [7, 11) is 0. The molecule has 0 unspecified atom stereocenters. The Hall–Kier alpha value is -3.15. The Labute approximate surface area is 271 Å². The van der Waals surface area contributed by atoms with E-state index in [1.807, 2.05) is 49.9 Å². The maximum atomic E-state index is 12.0. The highest BCUT2D eigenvalue weighted by Crippen LogP contribution is 2.23. The molecule has 0 aromatic heterocycles. The fourth-order valence-corrected chi connectivity index (χ4v) is 5.00. The number of carboxylic acids is 1. The van der Waals surface area contributed by atoms with Gasteiger partial charge in [0, 0.05) is 26.3 Å². The number of benzene rings is 2. The number of carbonyl (C=O) groups excluding carboxylic acids is 1. The highest BCUT2D eigenvalue weighted by molar-refractivity contribution is 5.73. The van der Waals surface area contributed by atoms with Crippen molar-refractivity contribution in [3.63, 3.8) is 0 Å². The van der Waals surface area contributed by atoms with Crippen LogP contribution in [0.5, 0.6) is 0 Å². The van der Waals surface area contributed by atoms with E-state index < -0.39 is 17.7 Å². The van der Waals surface area contributed by atoms with Gasteiger partial charge in [0.25, 0.3) is 0 Å². The third kappa shape index (κ3) is 18.1. The van der Waals surface area contributed by atoms with Crippen LogP contribution in [0.2, 0.25) is 0 Å². The number of alkyl halides is 3. The molecule has 2 heterocycles. The van der Waals surface area contributed by atoms with Gasteiger partial charge >= 0.3 is 18.2 Å². The first-order chi connectivity index (χ1) is 21.8. The molecule has 2 atom stereocenters. The molecule has 0 radical (unpaired) electrons. The van der Waals surface area contributed by atoms with Crippen LogP contribution < -0.4 is 5.32 Å². The van der Waals surface area contributed by atoms with Crippen LogP contribution in [0.25, 0.3) is 0 Å². The predicted octanol–water partition coefficient (Wildman–Crippen LogP) is 7.47. The minimum Gasteiger partial charge on any atom is -0.475 e. The second-order valence-corrected chi connectivity index (χ2v) is 12.6. The standard InChI is InChI=1S/C19H29NO3.C14H21NO.C2HF3O2/c1-19(2,3)23-18(21)20-12-11-16(14-20)10-7-13-22-15-17-8-5-4-6-9-17;1-2-5-14(6-3-1)12-16-10-4-7-13-8-9-15-11-13;3-2(4,5)1(6)7/h4-6,8-9,16H,7,10-15H2,1-3H3;1-3,5-6,13,15H,4,7-12H2;(H,6,7)/t16-;13-;/m11./s1. The van der Waals surface area contributed by atoms with Crippen molar-refractivity contribution in [1.82, 2.24) is 10.2 Å². The van der Waals surface area contributed by atoms with Crippen LogP contribution in [0.4, 0.5) is 18.0 Å². The molecular weight excluding hydrogens is 601 g/mol. The lowest BCUT2D eigenvalue weighted by atomic mass is 10.0. The minimum absolute atomic E-state index is 0.180. The van der Waals surface area contributed by atoms with Gasteiger partial charge in [-0.15, -0.1) is 0 Å². The van der Waals surface area contributed by atoms with Crippen molar-refractivity contribution < 1.29 is 42.1 Å². The molecular formula is C35H51F3N2O6. The molecule has 0 bridgehead atoms. The smallest absolute Gasteiger partial charge is 0.475 e. The number of hydrogen-bond donors (Lipinski definition) is 2. The van der Waals surface area contributed by atoms with E-state index in [1.54, 1.807) is 0 Å². The first-order valence-corrected chi connectivity index (χ1v) is 16.1. The second kappa shape index (κ2) is 20.9. The maximum Gasteiger partial charge on any atom is 0.490 e. The molecule has 1 amide bonds. The van der Waals surface area contributed by atoms with Crippen molar-refractivity contribution in [2.24, 2.45) is 11.8 Å². The Morgan fingerprint density at radius 3 is 1.78 bits per heavy atom. The van der Waals surface area contributed by atoms with Crippen LogP contribution in [0, 0.1) is 11.8 Å². The highest BCUT2D eigenvalue weighted by Gasteiger charge is 2.38. The molecule has 2 N–H and O–H groups in total. The molecule has 2 aliphatic rings. The number of likely N-dealkylation sites (tertiary alicyclic amines) is 1. The fourth-order valence-electron chi connectivity index (χ4n) is 5.00. The third-order valence-electron chi connectivity index (χ3n) is 7.37. The van der Waals surface area contributed by atoms with E-state index >= 15 is 0 Å². The van der Waals surface area contributed by atoms with Crippen molar-refractivity contribution in [3.05, 3.63) is 71.8 Å². The van der Waals surface area contributed by atoms with E-state index in [9.17, 15) is 18.0 Å². The molecule has 46 heavy (non-hydrogen) atoms. The summed E-state index contributed by atoms with van der Waals surface area (Å²) in [5.74, 6) is -1.30. The van der Waals surface area contributed by atoms with Crippen molar-refractivity contribution >= 4 is 12.1 Å². The van der Waals surface area contributed by atoms with Crippen molar-refractivity contribution in [2.75, 3.05) is 39.4 Å². The Morgan fingerprint density at radius 1 is 0.848 bits per heavy atom. The van der Waals surface area contributed by atoms with E-state index in [0.717, 1.165) is 58.1 Å². The van der Waals surface area contributed by atoms with Crippen LogP contribution in [0.15, 0.2) is 60.7 Å². The number of carbonyl (C=O) groups is 2. The second-order valence-electron chi connectivity index (χ2n) is 12.6. The molecule has 4 rings (SSSR count). The Morgan fingerprint density at radius 2 is 1.35 bits per heavy atom. The number of nitrogens with one attached hydrogen (secondary N) is 1. The summed E-state index contributed by atoms with van der Waals surface area (Å²) in [5.41, 5.74) is 2.06. The molecule has 0 saturated carbocycles. The fraction of sp³-hybridized carbons (Fsp3) is 0.600. The Bertz CT molecular complexity index is 1110. The summed E-state index contributed by atoms with van der Waals surface area (Å²) < 4.78 is 48.5. The molecule has 2 aliphatic heterocycles. The van der Waals surface area contributed by atoms with Crippen LogP contribution >= 0.6 is 0 Å². The minimum atomic E-state index is -5.08. The van der Waals surface area contributed by atoms with Gasteiger partial charge in [0.05, 0.1) is 13.2 Å². The zero-order valence-electron chi connectivity index (χ0n) is 27.4. The monoisotopic (exact) mass is 652 g/mol. The summed E-state index contributed by atoms with van der Waals surface area (Å²) in [6, 6.07) is 20.6. The first kappa shape index (κ1) is 39.0. The SMILES string of the molecule is CC(C)(C)OC(=O)N1CC[C@@H](CCCOCc2ccccc2)C1.O=C(O)C(F)(F)F.c1ccc(COCCC[C@@H]2CCNC2)cc1. The molecule has 8 nitrogen and oxygen atoms in total. The zero-order chi connectivity index (χ0) is 33.8. The molecule has 11 heteroatoms. The lowest BCUT2D eigenvalue weighted by Crippen LogP contribution is -2.35. The first-order valence-electron chi connectivity index (χ1n) is 16.1. The van der Waals surface area contributed by atoms with E-state index in [4.69, 9.17) is 24.1 Å². The number of amides is 1. The number of rotatable bonds is 12. The largest absolute Gasteiger partial charge is 0.490 e.